The van der Waals surface area contributed by atoms with Gasteiger partial charge in [0, 0.05) is 30.8 Å². The van der Waals surface area contributed by atoms with Crippen LogP contribution in [0.15, 0.2) is 72.3 Å². The van der Waals surface area contributed by atoms with Gasteiger partial charge in [0.25, 0.3) is 0 Å². The number of carboxylic acid groups (broad SMARTS) is 2. The van der Waals surface area contributed by atoms with E-state index in [4.69, 9.17) is 19.8 Å². The molecule has 31 heavy (non-hydrogen) atoms. The third-order valence-electron chi connectivity index (χ3n) is 5.37. The SMILES string of the molecule is C(CCc1ccccc1)=C1CCN(Cc2cc3ccccc3[nH]2)CC1.O=C(O)C(=O)O. The number of carboxylic acids is 2. The minimum Gasteiger partial charge on any atom is -0.473 e. The van der Waals surface area contributed by atoms with E-state index in [-0.39, 0.29) is 0 Å². The lowest BCUT2D eigenvalue weighted by atomic mass is 10.0. The lowest BCUT2D eigenvalue weighted by Crippen LogP contribution is -2.30. The number of likely N-dealkylation sites (tertiary alicyclic amines) is 1. The number of benzene rings is 2. The van der Waals surface area contributed by atoms with E-state index in [1.165, 1.54) is 54.5 Å². The number of nitrogens with zero attached hydrogens (tertiary/aromatic N) is 1. The molecule has 0 spiro atoms. The molecule has 4 rings (SSSR count). The summed E-state index contributed by atoms with van der Waals surface area (Å²) in [4.78, 5) is 24.3. The molecule has 0 radical (unpaired) electrons. The molecule has 1 aliphatic heterocycles. The molecule has 6 nitrogen and oxygen atoms in total. The van der Waals surface area contributed by atoms with Crippen molar-refractivity contribution in [2.24, 2.45) is 0 Å². The lowest BCUT2D eigenvalue weighted by Gasteiger charge is -2.28. The zero-order valence-electron chi connectivity index (χ0n) is 17.5. The van der Waals surface area contributed by atoms with Gasteiger partial charge < -0.3 is 15.2 Å². The van der Waals surface area contributed by atoms with Crippen molar-refractivity contribution in [3.05, 3.63) is 83.6 Å². The summed E-state index contributed by atoms with van der Waals surface area (Å²) in [5.74, 6) is -3.65. The van der Waals surface area contributed by atoms with Crippen LogP contribution in [0.3, 0.4) is 0 Å². The predicted molar refractivity (Wildman–Crippen MR) is 121 cm³/mol. The van der Waals surface area contributed by atoms with Crippen molar-refractivity contribution in [3.63, 3.8) is 0 Å². The second kappa shape index (κ2) is 11.1. The summed E-state index contributed by atoms with van der Waals surface area (Å²) in [5.41, 5.74) is 5.66. The second-order valence-electron chi connectivity index (χ2n) is 7.65. The smallest absolute Gasteiger partial charge is 0.414 e. The highest BCUT2D eigenvalue weighted by atomic mass is 16.4. The number of hydrogen-bond acceptors (Lipinski definition) is 3. The molecule has 6 heteroatoms. The van der Waals surface area contributed by atoms with Crippen molar-refractivity contribution in [2.45, 2.75) is 32.2 Å². The van der Waals surface area contributed by atoms with Gasteiger partial charge in [-0.1, -0.05) is 60.2 Å². The molecule has 1 aromatic heterocycles. The van der Waals surface area contributed by atoms with Crippen LogP contribution in [0.2, 0.25) is 0 Å². The Bertz CT molecular complexity index is 985. The van der Waals surface area contributed by atoms with Crippen LogP contribution in [0.25, 0.3) is 10.9 Å². The molecular weight excluding hydrogens is 392 g/mol. The first-order valence-electron chi connectivity index (χ1n) is 10.5. The van der Waals surface area contributed by atoms with E-state index in [9.17, 15) is 0 Å². The van der Waals surface area contributed by atoms with Crippen LogP contribution in [0.5, 0.6) is 0 Å². The molecule has 2 heterocycles. The van der Waals surface area contributed by atoms with E-state index in [1.807, 2.05) is 0 Å². The number of para-hydroxylation sites is 1. The average Bonchev–Trinajstić information content (AvgIpc) is 3.18. The van der Waals surface area contributed by atoms with Crippen LogP contribution in [0.4, 0.5) is 0 Å². The van der Waals surface area contributed by atoms with Crippen LogP contribution in [-0.4, -0.2) is 45.1 Å². The number of allylic oxidation sites excluding steroid dienone is 1. The van der Waals surface area contributed by atoms with Gasteiger partial charge in [-0.3, -0.25) is 4.90 Å². The van der Waals surface area contributed by atoms with Gasteiger partial charge in [-0.2, -0.15) is 0 Å². The average molecular weight is 421 g/mol. The summed E-state index contributed by atoms with van der Waals surface area (Å²) in [6.07, 6.45) is 7.24. The monoisotopic (exact) mass is 420 g/mol. The Balaban J connectivity index is 0.000000401. The molecule has 3 aromatic rings. The Hall–Kier alpha value is -3.38. The minimum absolute atomic E-state index is 1.03. The van der Waals surface area contributed by atoms with Gasteiger partial charge in [0.15, 0.2) is 0 Å². The van der Waals surface area contributed by atoms with Gasteiger partial charge >= 0.3 is 11.9 Å². The number of hydrogen-bond donors (Lipinski definition) is 3. The maximum absolute atomic E-state index is 9.10. The Morgan fingerprint density at radius 2 is 1.58 bits per heavy atom. The largest absolute Gasteiger partial charge is 0.473 e. The zero-order chi connectivity index (χ0) is 22.1. The number of fused-ring (bicyclic) bond motifs is 1. The number of aromatic amines is 1. The van der Waals surface area contributed by atoms with Crippen LogP contribution in [-0.2, 0) is 22.6 Å². The normalized spacial score (nSPS) is 14.0. The molecule has 0 atom stereocenters. The number of carbonyl (C=O) groups is 2. The summed E-state index contributed by atoms with van der Waals surface area (Å²) in [6.45, 7) is 3.38. The number of aromatic nitrogens is 1. The van der Waals surface area contributed by atoms with E-state index in [1.54, 1.807) is 5.57 Å². The third-order valence-corrected chi connectivity index (χ3v) is 5.37. The number of rotatable bonds is 5. The number of nitrogens with one attached hydrogen (secondary N) is 1. The molecule has 0 amide bonds. The molecule has 0 saturated carbocycles. The molecule has 162 valence electrons. The zero-order valence-corrected chi connectivity index (χ0v) is 17.5. The summed E-state index contributed by atoms with van der Waals surface area (Å²) < 4.78 is 0. The van der Waals surface area contributed by atoms with Crippen LogP contribution < -0.4 is 0 Å². The van der Waals surface area contributed by atoms with Gasteiger partial charge in [-0.05, 0) is 48.8 Å². The second-order valence-corrected chi connectivity index (χ2v) is 7.65. The summed E-state index contributed by atoms with van der Waals surface area (Å²) in [6, 6.07) is 21.6. The summed E-state index contributed by atoms with van der Waals surface area (Å²) in [7, 11) is 0. The fraction of sp³-hybridized carbons (Fsp3) is 0.280. The molecule has 0 bridgehead atoms. The van der Waals surface area contributed by atoms with Crippen molar-refractivity contribution < 1.29 is 19.8 Å². The summed E-state index contributed by atoms with van der Waals surface area (Å²) in [5, 5.41) is 16.1. The van der Waals surface area contributed by atoms with E-state index in [2.05, 4.69) is 76.6 Å². The Morgan fingerprint density at radius 1 is 0.935 bits per heavy atom. The van der Waals surface area contributed by atoms with E-state index in [0.717, 1.165) is 13.0 Å². The highest BCUT2D eigenvalue weighted by Crippen LogP contribution is 2.21. The lowest BCUT2D eigenvalue weighted by molar-refractivity contribution is -0.159. The van der Waals surface area contributed by atoms with Crippen LogP contribution >= 0.6 is 0 Å². The quantitative estimate of drug-likeness (QED) is 0.418. The molecule has 2 aromatic carbocycles. The highest BCUT2D eigenvalue weighted by Gasteiger charge is 2.14. The first-order valence-corrected chi connectivity index (χ1v) is 10.5. The fourth-order valence-electron chi connectivity index (χ4n) is 3.75. The number of aliphatic carboxylic acids is 2. The fourth-order valence-corrected chi connectivity index (χ4v) is 3.75. The predicted octanol–water partition coefficient (Wildman–Crippen LogP) is 4.48. The maximum atomic E-state index is 9.10. The molecule has 1 aliphatic rings. The van der Waals surface area contributed by atoms with Crippen molar-refractivity contribution >= 4 is 22.8 Å². The molecule has 0 aliphatic carbocycles. The summed E-state index contributed by atoms with van der Waals surface area (Å²) >= 11 is 0. The van der Waals surface area contributed by atoms with Crippen molar-refractivity contribution in [1.82, 2.24) is 9.88 Å². The number of H-pyrrole nitrogens is 1. The van der Waals surface area contributed by atoms with Gasteiger partial charge in [0.1, 0.15) is 0 Å². The molecule has 3 N–H and O–H groups in total. The van der Waals surface area contributed by atoms with Gasteiger partial charge in [0.05, 0.1) is 0 Å². The van der Waals surface area contributed by atoms with Crippen molar-refractivity contribution in [1.29, 1.82) is 0 Å². The van der Waals surface area contributed by atoms with E-state index < -0.39 is 11.9 Å². The Kier molecular flexibility index (Phi) is 8.01. The number of aryl methyl sites for hydroxylation is 1. The number of piperidine rings is 1. The first-order chi connectivity index (χ1) is 15.0. The van der Waals surface area contributed by atoms with Gasteiger partial charge in [0.2, 0.25) is 0 Å². The molecule has 1 fully saturated rings. The topological polar surface area (TPSA) is 93.6 Å². The Labute approximate surface area is 181 Å². The van der Waals surface area contributed by atoms with E-state index in [0.29, 0.717) is 0 Å². The van der Waals surface area contributed by atoms with Crippen molar-refractivity contribution in [3.8, 4) is 0 Å². The molecule has 0 unspecified atom stereocenters. The minimum atomic E-state index is -1.82. The molecule has 1 saturated heterocycles. The highest BCUT2D eigenvalue weighted by molar-refractivity contribution is 6.27. The van der Waals surface area contributed by atoms with Gasteiger partial charge in [-0.25, -0.2) is 9.59 Å². The van der Waals surface area contributed by atoms with Gasteiger partial charge in [-0.15, -0.1) is 0 Å². The molecular formula is C25H28N2O4. The van der Waals surface area contributed by atoms with E-state index >= 15 is 0 Å². The van der Waals surface area contributed by atoms with Crippen molar-refractivity contribution in [2.75, 3.05) is 13.1 Å². The van der Waals surface area contributed by atoms with Crippen LogP contribution in [0.1, 0.15) is 30.5 Å². The maximum Gasteiger partial charge on any atom is 0.414 e. The third kappa shape index (κ3) is 7.12. The first kappa shape index (κ1) is 22.3. The standard InChI is InChI=1S/C23H26N2.C2H2O4/c1-2-7-19(8-3-1)9-6-10-20-13-15-25(16-14-20)18-22-17-21-11-4-5-12-23(21)24-22;3-1(4)2(5)6/h1-5,7-8,10-12,17,24H,6,9,13-16,18H2;(H,3,4)(H,5,6). The van der Waals surface area contributed by atoms with Crippen LogP contribution in [0, 0.1) is 0 Å². The Morgan fingerprint density at radius 3 is 2.23 bits per heavy atom.